The van der Waals surface area contributed by atoms with E-state index in [0.29, 0.717) is 24.5 Å². The zero-order valence-electron chi connectivity index (χ0n) is 12.3. The lowest BCUT2D eigenvalue weighted by molar-refractivity contribution is -0.121. The van der Waals surface area contributed by atoms with E-state index in [9.17, 15) is 4.79 Å². The lowest BCUT2D eigenvalue weighted by Crippen LogP contribution is -2.44. The van der Waals surface area contributed by atoms with E-state index >= 15 is 0 Å². The van der Waals surface area contributed by atoms with Crippen LogP contribution in [0.4, 0.5) is 0 Å². The van der Waals surface area contributed by atoms with Crippen LogP contribution in [-0.4, -0.2) is 24.5 Å². The van der Waals surface area contributed by atoms with E-state index in [-0.39, 0.29) is 5.91 Å². The van der Waals surface area contributed by atoms with Gasteiger partial charge in [0.2, 0.25) is 5.91 Å². The minimum absolute atomic E-state index is 0.166. The molecule has 1 aliphatic carbocycles. The second-order valence-electron chi connectivity index (χ2n) is 5.65. The first-order valence-corrected chi connectivity index (χ1v) is 7.70. The molecule has 0 aromatic carbocycles. The van der Waals surface area contributed by atoms with Crippen molar-refractivity contribution < 1.29 is 4.79 Å². The molecule has 3 heteroatoms. The van der Waals surface area contributed by atoms with Crippen LogP contribution in [0.1, 0.15) is 65.7 Å². The van der Waals surface area contributed by atoms with Crippen LogP contribution in [0.15, 0.2) is 0 Å². The Morgan fingerprint density at radius 1 is 1.17 bits per heavy atom. The second-order valence-corrected chi connectivity index (χ2v) is 5.65. The first-order chi connectivity index (χ1) is 8.67. The van der Waals surface area contributed by atoms with Crippen molar-refractivity contribution in [3.05, 3.63) is 0 Å². The molecule has 3 nitrogen and oxygen atoms in total. The van der Waals surface area contributed by atoms with Gasteiger partial charge < -0.3 is 10.6 Å². The van der Waals surface area contributed by atoms with Gasteiger partial charge in [-0.25, -0.2) is 0 Å². The highest BCUT2D eigenvalue weighted by molar-refractivity contribution is 5.78. The lowest BCUT2D eigenvalue weighted by Gasteiger charge is -2.25. The Balaban J connectivity index is 2.19. The van der Waals surface area contributed by atoms with Crippen molar-refractivity contribution in [3.8, 4) is 0 Å². The number of carbonyl (C=O) groups is 1. The van der Waals surface area contributed by atoms with Crippen LogP contribution < -0.4 is 10.6 Å². The van der Waals surface area contributed by atoms with E-state index in [1.807, 2.05) is 0 Å². The highest BCUT2D eigenvalue weighted by Gasteiger charge is 2.17. The van der Waals surface area contributed by atoms with Gasteiger partial charge in [0.15, 0.2) is 0 Å². The molecule has 1 rings (SSSR count). The number of rotatable bonds is 7. The zero-order chi connectivity index (χ0) is 13.4. The molecule has 18 heavy (non-hydrogen) atoms. The molecule has 0 heterocycles. The molecule has 1 unspecified atom stereocenters. The zero-order valence-corrected chi connectivity index (χ0v) is 12.3. The Morgan fingerprint density at radius 2 is 1.78 bits per heavy atom. The molecule has 0 bridgehead atoms. The Morgan fingerprint density at radius 3 is 2.33 bits per heavy atom. The average Bonchev–Trinajstić information content (AvgIpc) is 2.39. The highest BCUT2D eigenvalue weighted by Crippen LogP contribution is 2.17. The smallest absolute Gasteiger partial charge is 0.234 e. The fourth-order valence-corrected chi connectivity index (χ4v) is 2.94. The molecule has 1 atom stereocenters. The second kappa shape index (κ2) is 8.52. The Bertz CT molecular complexity index is 233. The van der Waals surface area contributed by atoms with E-state index in [4.69, 9.17) is 0 Å². The van der Waals surface area contributed by atoms with Crippen molar-refractivity contribution in [2.24, 2.45) is 5.92 Å². The molecule has 1 saturated carbocycles. The number of amides is 1. The van der Waals surface area contributed by atoms with Gasteiger partial charge in [0.05, 0.1) is 6.54 Å². The SMILES string of the molecule is CCC(CC)C(C)NCC(=O)NC1CCCCC1. The van der Waals surface area contributed by atoms with Crippen molar-refractivity contribution in [2.45, 2.75) is 77.8 Å². The molecule has 0 aromatic rings. The summed E-state index contributed by atoms with van der Waals surface area (Å²) in [5, 5.41) is 6.51. The molecule has 1 amide bonds. The highest BCUT2D eigenvalue weighted by atomic mass is 16.1. The average molecular weight is 254 g/mol. The third kappa shape index (κ3) is 5.38. The predicted octanol–water partition coefficient (Wildman–Crippen LogP) is 2.85. The summed E-state index contributed by atoms with van der Waals surface area (Å²) in [6.07, 6.45) is 8.53. The summed E-state index contributed by atoms with van der Waals surface area (Å²) in [7, 11) is 0. The van der Waals surface area contributed by atoms with Gasteiger partial charge in [-0.05, 0) is 25.7 Å². The van der Waals surface area contributed by atoms with Crippen LogP contribution in [0.2, 0.25) is 0 Å². The van der Waals surface area contributed by atoms with Crippen molar-refractivity contribution in [2.75, 3.05) is 6.54 Å². The minimum atomic E-state index is 0.166. The van der Waals surface area contributed by atoms with Gasteiger partial charge in [0.25, 0.3) is 0 Å². The van der Waals surface area contributed by atoms with Crippen molar-refractivity contribution >= 4 is 5.91 Å². The van der Waals surface area contributed by atoms with E-state index in [0.717, 1.165) is 12.8 Å². The molecular weight excluding hydrogens is 224 g/mol. The summed E-state index contributed by atoms with van der Waals surface area (Å²) in [5.74, 6) is 0.840. The van der Waals surface area contributed by atoms with Gasteiger partial charge in [0.1, 0.15) is 0 Å². The third-order valence-electron chi connectivity index (χ3n) is 4.31. The molecule has 0 radical (unpaired) electrons. The van der Waals surface area contributed by atoms with Crippen LogP contribution >= 0.6 is 0 Å². The molecule has 106 valence electrons. The predicted molar refractivity (Wildman–Crippen MR) is 76.6 cm³/mol. The van der Waals surface area contributed by atoms with Crippen LogP contribution in [0.25, 0.3) is 0 Å². The third-order valence-corrected chi connectivity index (χ3v) is 4.31. The van der Waals surface area contributed by atoms with Gasteiger partial charge >= 0.3 is 0 Å². The molecule has 2 N–H and O–H groups in total. The number of hydrogen-bond acceptors (Lipinski definition) is 2. The maximum absolute atomic E-state index is 11.8. The first kappa shape index (κ1) is 15.5. The van der Waals surface area contributed by atoms with Gasteiger partial charge in [0, 0.05) is 12.1 Å². The Labute approximate surface area is 112 Å². The summed E-state index contributed by atoms with van der Waals surface area (Å²) < 4.78 is 0. The Hall–Kier alpha value is -0.570. The standard InChI is InChI=1S/C15H30N2O/c1-4-13(5-2)12(3)16-11-15(18)17-14-9-7-6-8-10-14/h12-14,16H,4-11H2,1-3H3,(H,17,18). The van der Waals surface area contributed by atoms with E-state index in [1.54, 1.807) is 0 Å². The van der Waals surface area contributed by atoms with Gasteiger partial charge in [-0.2, -0.15) is 0 Å². The summed E-state index contributed by atoms with van der Waals surface area (Å²) >= 11 is 0. The molecular formula is C15H30N2O. The molecule has 0 aliphatic heterocycles. The minimum Gasteiger partial charge on any atom is -0.352 e. The monoisotopic (exact) mass is 254 g/mol. The topological polar surface area (TPSA) is 41.1 Å². The molecule has 1 fully saturated rings. The maximum atomic E-state index is 11.8. The summed E-state index contributed by atoms with van der Waals surface area (Å²) in [6, 6.07) is 0.855. The van der Waals surface area contributed by atoms with E-state index in [1.165, 1.54) is 32.1 Å². The van der Waals surface area contributed by atoms with Crippen LogP contribution in [-0.2, 0) is 4.79 Å². The maximum Gasteiger partial charge on any atom is 0.234 e. The number of carbonyl (C=O) groups excluding carboxylic acids is 1. The summed E-state index contributed by atoms with van der Waals surface area (Å²) in [5.41, 5.74) is 0. The molecule has 0 spiro atoms. The van der Waals surface area contributed by atoms with Gasteiger partial charge in [-0.15, -0.1) is 0 Å². The largest absolute Gasteiger partial charge is 0.352 e. The van der Waals surface area contributed by atoms with Crippen LogP contribution in [0.3, 0.4) is 0 Å². The van der Waals surface area contributed by atoms with Gasteiger partial charge in [-0.3, -0.25) is 4.79 Å². The van der Waals surface area contributed by atoms with Gasteiger partial charge in [-0.1, -0.05) is 46.0 Å². The van der Waals surface area contributed by atoms with Crippen LogP contribution in [0, 0.1) is 5.92 Å². The summed E-state index contributed by atoms with van der Waals surface area (Å²) in [4.78, 5) is 11.8. The lowest BCUT2D eigenvalue weighted by atomic mass is 9.95. The first-order valence-electron chi connectivity index (χ1n) is 7.70. The van der Waals surface area contributed by atoms with Crippen molar-refractivity contribution in [1.82, 2.24) is 10.6 Å². The van der Waals surface area contributed by atoms with Crippen molar-refractivity contribution in [3.63, 3.8) is 0 Å². The quantitative estimate of drug-likeness (QED) is 0.733. The van der Waals surface area contributed by atoms with E-state index < -0.39 is 0 Å². The number of hydrogen-bond donors (Lipinski definition) is 2. The van der Waals surface area contributed by atoms with Crippen LogP contribution in [0.5, 0.6) is 0 Å². The molecule has 0 saturated heterocycles. The molecule has 0 aromatic heterocycles. The fourth-order valence-electron chi connectivity index (χ4n) is 2.94. The Kier molecular flexibility index (Phi) is 7.33. The van der Waals surface area contributed by atoms with Crippen molar-refractivity contribution in [1.29, 1.82) is 0 Å². The van der Waals surface area contributed by atoms with E-state index in [2.05, 4.69) is 31.4 Å². The summed E-state index contributed by atoms with van der Waals surface area (Å²) in [6.45, 7) is 7.09. The normalized spacial score (nSPS) is 18.9. The number of nitrogens with one attached hydrogen (secondary N) is 2. The fraction of sp³-hybridized carbons (Fsp3) is 0.933. The molecule has 1 aliphatic rings.